The number of hydrogen-bond acceptors (Lipinski definition) is 3. The Morgan fingerprint density at radius 2 is 2.00 bits per heavy atom. The summed E-state index contributed by atoms with van der Waals surface area (Å²) in [7, 11) is 4.10. The molecule has 0 bridgehead atoms. The largest absolute Gasteiger partial charge is 0.468 e. The summed E-state index contributed by atoms with van der Waals surface area (Å²) in [6.07, 6.45) is 1.71. The third-order valence-electron chi connectivity index (χ3n) is 4.21. The van der Waals surface area contributed by atoms with Gasteiger partial charge in [-0.25, -0.2) is 4.99 Å². The Morgan fingerprint density at radius 3 is 2.60 bits per heavy atom. The molecule has 136 valence electrons. The van der Waals surface area contributed by atoms with Crippen LogP contribution in [0.4, 0.5) is 0 Å². The number of hydrogen-bond donors (Lipinski definition) is 2. The highest BCUT2D eigenvalue weighted by atomic mass is 16.3. The van der Waals surface area contributed by atoms with Crippen LogP contribution in [0.2, 0.25) is 0 Å². The van der Waals surface area contributed by atoms with Gasteiger partial charge in [-0.3, -0.25) is 4.90 Å². The molecule has 5 nitrogen and oxygen atoms in total. The molecule has 5 heteroatoms. The second-order valence-electron chi connectivity index (χ2n) is 6.50. The lowest BCUT2D eigenvalue weighted by Gasteiger charge is -2.23. The second-order valence-corrected chi connectivity index (χ2v) is 6.50. The first-order chi connectivity index (χ1) is 12.0. The van der Waals surface area contributed by atoms with Crippen molar-refractivity contribution < 1.29 is 4.42 Å². The summed E-state index contributed by atoms with van der Waals surface area (Å²) in [5.74, 6) is 1.77. The topological polar surface area (TPSA) is 52.8 Å². The van der Waals surface area contributed by atoms with Gasteiger partial charge < -0.3 is 15.1 Å². The Bertz CT molecular complexity index is 677. The molecule has 1 aromatic heterocycles. The molecule has 0 radical (unpaired) electrons. The molecule has 0 aliphatic heterocycles. The monoisotopic (exact) mass is 342 g/mol. The van der Waals surface area contributed by atoms with Crippen molar-refractivity contribution in [1.82, 2.24) is 15.5 Å². The van der Waals surface area contributed by atoms with Crippen molar-refractivity contribution in [2.45, 2.75) is 33.4 Å². The molecule has 0 saturated heterocycles. The molecule has 0 spiro atoms. The lowest BCUT2D eigenvalue weighted by molar-refractivity contribution is 0.258. The maximum Gasteiger partial charge on any atom is 0.191 e. The van der Waals surface area contributed by atoms with Crippen LogP contribution in [-0.2, 0) is 6.54 Å². The minimum Gasteiger partial charge on any atom is -0.468 e. The minimum absolute atomic E-state index is 0.153. The van der Waals surface area contributed by atoms with Gasteiger partial charge in [0.05, 0.1) is 18.8 Å². The van der Waals surface area contributed by atoms with Crippen molar-refractivity contribution in [3.63, 3.8) is 0 Å². The van der Waals surface area contributed by atoms with Crippen LogP contribution in [0.15, 0.2) is 46.0 Å². The first-order valence-corrected chi connectivity index (χ1v) is 8.79. The van der Waals surface area contributed by atoms with Gasteiger partial charge >= 0.3 is 0 Å². The van der Waals surface area contributed by atoms with Gasteiger partial charge in [0.15, 0.2) is 5.96 Å². The van der Waals surface area contributed by atoms with Crippen LogP contribution < -0.4 is 10.6 Å². The Hall–Kier alpha value is -2.27. The Morgan fingerprint density at radius 1 is 1.20 bits per heavy atom. The number of guanidine groups is 1. The molecule has 2 rings (SSSR count). The van der Waals surface area contributed by atoms with E-state index in [4.69, 9.17) is 9.41 Å². The maximum absolute atomic E-state index is 5.56. The lowest BCUT2D eigenvalue weighted by atomic mass is 10.1. The third-order valence-corrected chi connectivity index (χ3v) is 4.21. The summed E-state index contributed by atoms with van der Waals surface area (Å²) < 4.78 is 5.56. The molecule has 1 heterocycles. The number of nitrogens with one attached hydrogen (secondary N) is 2. The lowest BCUT2D eigenvalue weighted by Crippen LogP contribution is -2.41. The van der Waals surface area contributed by atoms with E-state index in [2.05, 4.69) is 68.6 Å². The predicted molar refractivity (Wildman–Crippen MR) is 104 cm³/mol. The smallest absolute Gasteiger partial charge is 0.191 e. The van der Waals surface area contributed by atoms with Crippen molar-refractivity contribution in [2.24, 2.45) is 4.99 Å². The van der Waals surface area contributed by atoms with E-state index in [1.165, 1.54) is 16.7 Å². The molecule has 2 N–H and O–H groups in total. The van der Waals surface area contributed by atoms with Gasteiger partial charge in [-0.05, 0) is 58.1 Å². The van der Waals surface area contributed by atoms with E-state index in [-0.39, 0.29) is 6.04 Å². The number of nitrogens with zero attached hydrogens (tertiary/aromatic N) is 2. The number of aliphatic imine (C=N–C) groups is 1. The van der Waals surface area contributed by atoms with Crippen molar-refractivity contribution in [3.05, 3.63) is 59.0 Å². The van der Waals surface area contributed by atoms with Gasteiger partial charge in [-0.2, -0.15) is 0 Å². The van der Waals surface area contributed by atoms with Gasteiger partial charge in [0.1, 0.15) is 5.76 Å². The van der Waals surface area contributed by atoms with E-state index in [0.717, 1.165) is 24.8 Å². The third kappa shape index (κ3) is 5.64. The molecule has 0 aliphatic rings. The van der Waals surface area contributed by atoms with E-state index >= 15 is 0 Å². The highest BCUT2D eigenvalue weighted by molar-refractivity contribution is 5.79. The Kier molecular flexibility index (Phi) is 7.07. The molecular weight excluding hydrogens is 312 g/mol. The number of aryl methyl sites for hydroxylation is 2. The summed E-state index contributed by atoms with van der Waals surface area (Å²) in [6, 6.07) is 10.6. The number of furan rings is 1. The van der Waals surface area contributed by atoms with E-state index in [1.54, 1.807) is 6.26 Å². The molecule has 0 aliphatic carbocycles. The molecule has 1 atom stereocenters. The molecular formula is C20H30N4O. The molecule has 0 fully saturated rings. The fourth-order valence-corrected chi connectivity index (χ4v) is 2.74. The van der Waals surface area contributed by atoms with Crippen LogP contribution >= 0.6 is 0 Å². The Labute approximate surface area is 151 Å². The van der Waals surface area contributed by atoms with E-state index in [9.17, 15) is 0 Å². The van der Waals surface area contributed by atoms with Crippen LogP contribution in [0.25, 0.3) is 0 Å². The number of likely N-dealkylation sites (N-methyl/N-ethyl adjacent to an activating group) is 1. The summed E-state index contributed by atoms with van der Waals surface area (Å²) >= 11 is 0. The number of benzene rings is 1. The minimum atomic E-state index is 0.153. The standard InChI is InChI=1S/C20H30N4O/c1-6-21-20(22-13-17-10-9-15(2)12-16(17)3)23-14-18(24(4)5)19-8-7-11-25-19/h7-12,18H,6,13-14H2,1-5H3,(H2,21,22,23). The van der Waals surface area contributed by atoms with Gasteiger partial charge in [0.25, 0.3) is 0 Å². The predicted octanol–water partition coefficient (Wildman–Crippen LogP) is 3.25. The SMILES string of the molecule is CCNC(=NCc1ccc(C)cc1C)NCC(c1ccco1)N(C)C. The number of rotatable bonds is 7. The zero-order valence-electron chi connectivity index (χ0n) is 16.0. The molecule has 0 saturated carbocycles. The zero-order valence-corrected chi connectivity index (χ0v) is 16.0. The average molecular weight is 342 g/mol. The highest BCUT2D eigenvalue weighted by Gasteiger charge is 2.17. The maximum atomic E-state index is 5.56. The van der Waals surface area contributed by atoms with Crippen LogP contribution in [0.3, 0.4) is 0 Å². The first-order valence-electron chi connectivity index (χ1n) is 8.79. The van der Waals surface area contributed by atoms with Crippen molar-refractivity contribution >= 4 is 5.96 Å². The normalized spacial score (nSPS) is 13.1. The summed E-state index contributed by atoms with van der Waals surface area (Å²) in [5, 5.41) is 6.74. The van der Waals surface area contributed by atoms with E-state index in [0.29, 0.717) is 6.54 Å². The summed E-state index contributed by atoms with van der Waals surface area (Å²) in [6.45, 7) is 8.53. The van der Waals surface area contributed by atoms with Crippen molar-refractivity contribution in [3.8, 4) is 0 Å². The second kappa shape index (κ2) is 9.28. The van der Waals surface area contributed by atoms with Crippen LogP contribution in [-0.4, -0.2) is 38.0 Å². The molecule has 25 heavy (non-hydrogen) atoms. The fraction of sp³-hybridized carbons (Fsp3) is 0.450. The van der Waals surface area contributed by atoms with Crippen molar-refractivity contribution in [1.29, 1.82) is 0 Å². The molecule has 0 amide bonds. The molecule has 1 unspecified atom stereocenters. The van der Waals surface area contributed by atoms with E-state index in [1.807, 2.05) is 12.1 Å². The van der Waals surface area contributed by atoms with Crippen LogP contribution in [0.5, 0.6) is 0 Å². The van der Waals surface area contributed by atoms with Crippen LogP contribution in [0, 0.1) is 13.8 Å². The highest BCUT2D eigenvalue weighted by Crippen LogP contribution is 2.17. The average Bonchev–Trinajstić information content (AvgIpc) is 3.07. The first kappa shape index (κ1) is 19.1. The van der Waals surface area contributed by atoms with Gasteiger partial charge in [0, 0.05) is 13.1 Å². The van der Waals surface area contributed by atoms with E-state index < -0.39 is 0 Å². The fourth-order valence-electron chi connectivity index (χ4n) is 2.74. The zero-order chi connectivity index (χ0) is 18.2. The summed E-state index contributed by atoms with van der Waals surface area (Å²) in [4.78, 5) is 6.87. The van der Waals surface area contributed by atoms with Gasteiger partial charge in [-0.1, -0.05) is 23.8 Å². The quantitative estimate of drug-likeness (QED) is 0.599. The summed E-state index contributed by atoms with van der Waals surface area (Å²) in [5.41, 5.74) is 3.81. The van der Waals surface area contributed by atoms with Crippen molar-refractivity contribution in [2.75, 3.05) is 27.2 Å². The molecule has 2 aromatic rings. The van der Waals surface area contributed by atoms with Gasteiger partial charge in [0.2, 0.25) is 0 Å². The Balaban J connectivity index is 2.04. The van der Waals surface area contributed by atoms with Crippen LogP contribution in [0.1, 0.15) is 35.4 Å². The van der Waals surface area contributed by atoms with Gasteiger partial charge in [-0.15, -0.1) is 0 Å². The molecule has 1 aromatic carbocycles.